The van der Waals surface area contributed by atoms with E-state index in [0.29, 0.717) is 6.04 Å². The third-order valence-electron chi connectivity index (χ3n) is 3.79. The van der Waals surface area contributed by atoms with Crippen LogP contribution < -0.4 is 16.6 Å². The van der Waals surface area contributed by atoms with Gasteiger partial charge in [0.2, 0.25) is 0 Å². The molecule has 5 nitrogen and oxygen atoms in total. The number of anilines is 2. The van der Waals surface area contributed by atoms with Crippen molar-refractivity contribution in [3.63, 3.8) is 0 Å². The number of hydrogen-bond donors (Lipinski definition) is 3. The van der Waals surface area contributed by atoms with Crippen molar-refractivity contribution in [2.24, 2.45) is 11.8 Å². The number of nitrogens with one attached hydrogen (secondary N) is 2. The van der Waals surface area contributed by atoms with Crippen molar-refractivity contribution in [1.29, 1.82) is 0 Å². The number of nitrogens with two attached hydrogens (primary N) is 1. The Morgan fingerprint density at radius 3 is 2.50 bits per heavy atom. The Kier molecular flexibility index (Phi) is 4.36. The van der Waals surface area contributed by atoms with Crippen LogP contribution in [-0.2, 0) is 6.42 Å². The van der Waals surface area contributed by atoms with Crippen molar-refractivity contribution >= 4 is 11.6 Å². The number of hydrogen-bond acceptors (Lipinski definition) is 5. The van der Waals surface area contributed by atoms with Gasteiger partial charge in [-0.2, -0.15) is 0 Å². The fraction of sp³-hybridized carbons (Fsp3) is 0.692. The van der Waals surface area contributed by atoms with E-state index in [1.807, 2.05) is 0 Å². The van der Waals surface area contributed by atoms with E-state index in [-0.39, 0.29) is 0 Å². The molecule has 0 atom stereocenters. The lowest BCUT2D eigenvalue weighted by Gasteiger charge is -2.28. The summed E-state index contributed by atoms with van der Waals surface area (Å²) in [7, 11) is 0. The fourth-order valence-corrected chi connectivity index (χ4v) is 2.59. The molecule has 0 radical (unpaired) electrons. The molecule has 5 heteroatoms. The topological polar surface area (TPSA) is 75.9 Å². The predicted molar refractivity (Wildman–Crippen MR) is 74.3 cm³/mol. The van der Waals surface area contributed by atoms with E-state index < -0.39 is 0 Å². The van der Waals surface area contributed by atoms with Crippen molar-refractivity contribution in [1.82, 2.24) is 9.97 Å². The van der Waals surface area contributed by atoms with Gasteiger partial charge in [-0.25, -0.2) is 15.8 Å². The number of rotatable bonds is 4. The smallest absolute Gasteiger partial charge is 0.148 e. The van der Waals surface area contributed by atoms with Gasteiger partial charge in [-0.3, -0.25) is 0 Å². The van der Waals surface area contributed by atoms with E-state index in [2.05, 4.69) is 34.6 Å². The highest BCUT2D eigenvalue weighted by atomic mass is 15.3. The number of nitrogens with zero attached hydrogens (tertiary/aromatic N) is 2. The van der Waals surface area contributed by atoms with Gasteiger partial charge in [-0.05, 0) is 38.0 Å². The number of hydrazine groups is 1. The molecular formula is C13H23N5. The summed E-state index contributed by atoms with van der Waals surface area (Å²) in [5.41, 5.74) is 3.71. The zero-order chi connectivity index (χ0) is 13.0. The molecule has 18 heavy (non-hydrogen) atoms. The Balaban J connectivity index is 2.09. The van der Waals surface area contributed by atoms with Crippen LogP contribution in [0.5, 0.6) is 0 Å². The summed E-state index contributed by atoms with van der Waals surface area (Å²) in [6, 6.07) is 0.534. The van der Waals surface area contributed by atoms with Crippen LogP contribution in [0.4, 0.5) is 11.6 Å². The highest BCUT2D eigenvalue weighted by molar-refractivity contribution is 5.57. The molecule has 1 heterocycles. The molecule has 4 N–H and O–H groups in total. The molecule has 0 saturated heterocycles. The van der Waals surface area contributed by atoms with E-state index in [9.17, 15) is 0 Å². The van der Waals surface area contributed by atoms with Gasteiger partial charge < -0.3 is 10.7 Å². The Hall–Kier alpha value is -1.36. The second kappa shape index (κ2) is 6.00. The summed E-state index contributed by atoms with van der Waals surface area (Å²) in [5.74, 6) is 7.99. The summed E-state index contributed by atoms with van der Waals surface area (Å²) in [4.78, 5) is 8.50. The predicted octanol–water partition coefficient (Wildman–Crippen LogP) is 2.32. The first-order valence-corrected chi connectivity index (χ1v) is 6.81. The Morgan fingerprint density at radius 2 is 1.89 bits per heavy atom. The summed E-state index contributed by atoms with van der Waals surface area (Å²) < 4.78 is 0. The van der Waals surface area contributed by atoms with E-state index in [1.54, 1.807) is 6.33 Å². The van der Waals surface area contributed by atoms with Crippen LogP contribution in [0.2, 0.25) is 0 Å². The third kappa shape index (κ3) is 2.90. The molecule has 1 aromatic heterocycles. The van der Waals surface area contributed by atoms with Crippen LogP contribution in [0.25, 0.3) is 0 Å². The molecule has 2 rings (SSSR count). The van der Waals surface area contributed by atoms with Crippen molar-refractivity contribution in [3.8, 4) is 0 Å². The molecule has 0 amide bonds. The quantitative estimate of drug-likeness (QED) is 0.564. The maximum Gasteiger partial charge on any atom is 0.148 e. The van der Waals surface area contributed by atoms with Gasteiger partial charge in [0, 0.05) is 11.6 Å². The SMILES string of the molecule is CCc1c(NN)ncnc1NC1CCC(C)CC1. The van der Waals surface area contributed by atoms with Crippen LogP contribution in [0.3, 0.4) is 0 Å². The third-order valence-corrected chi connectivity index (χ3v) is 3.79. The molecule has 1 aliphatic carbocycles. The summed E-state index contributed by atoms with van der Waals surface area (Å²) in [6.45, 7) is 4.42. The average Bonchev–Trinajstić information content (AvgIpc) is 2.41. The molecule has 0 aliphatic heterocycles. The molecule has 0 aromatic carbocycles. The van der Waals surface area contributed by atoms with Crippen LogP contribution in [-0.4, -0.2) is 16.0 Å². The van der Waals surface area contributed by atoms with Gasteiger partial charge in [0.1, 0.15) is 18.0 Å². The van der Waals surface area contributed by atoms with E-state index in [1.165, 1.54) is 25.7 Å². The van der Waals surface area contributed by atoms with Crippen molar-refractivity contribution < 1.29 is 0 Å². The van der Waals surface area contributed by atoms with Crippen molar-refractivity contribution in [2.45, 2.75) is 52.0 Å². The molecule has 0 unspecified atom stereocenters. The van der Waals surface area contributed by atoms with E-state index in [4.69, 9.17) is 5.84 Å². The maximum atomic E-state index is 5.48. The minimum absolute atomic E-state index is 0.534. The Bertz CT molecular complexity index is 385. The molecule has 1 aliphatic rings. The highest BCUT2D eigenvalue weighted by Crippen LogP contribution is 2.27. The lowest BCUT2D eigenvalue weighted by atomic mass is 9.87. The molecule has 1 aromatic rings. The normalized spacial score (nSPS) is 23.7. The largest absolute Gasteiger partial charge is 0.367 e. The first kappa shape index (κ1) is 13.1. The minimum Gasteiger partial charge on any atom is -0.367 e. The molecule has 0 bridgehead atoms. The van der Waals surface area contributed by atoms with Crippen LogP contribution >= 0.6 is 0 Å². The first-order chi connectivity index (χ1) is 8.74. The van der Waals surface area contributed by atoms with Gasteiger partial charge in [-0.15, -0.1) is 0 Å². The molecule has 100 valence electrons. The molecule has 1 saturated carbocycles. The second-order valence-electron chi connectivity index (χ2n) is 5.15. The fourth-order valence-electron chi connectivity index (χ4n) is 2.59. The van der Waals surface area contributed by atoms with Gasteiger partial charge in [-0.1, -0.05) is 13.8 Å². The second-order valence-corrected chi connectivity index (χ2v) is 5.15. The van der Waals surface area contributed by atoms with Crippen LogP contribution in [0.15, 0.2) is 6.33 Å². The molecular weight excluding hydrogens is 226 g/mol. The maximum absolute atomic E-state index is 5.48. The summed E-state index contributed by atoms with van der Waals surface area (Å²) >= 11 is 0. The molecule has 1 fully saturated rings. The number of aromatic nitrogens is 2. The van der Waals surface area contributed by atoms with E-state index in [0.717, 1.165) is 29.5 Å². The zero-order valence-electron chi connectivity index (χ0n) is 11.2. The lowest BCUT2D eigenvalue weighted by Crippen LogP contribution is -2.26. The minimum atomic E-state index is 0.534. The standard InChI is InChI=1S/C13H23N5/c1-3-11-12(15-8-16-13(11)18-14)17-10-6-4-9(2)5-7-10/h8-10H,3-7,14H2,1-2H3,(H2,15,16,17,18). The lowest BCUT2D eigenvalue weighted by molar-refractivity contribution is 0.360. The number of nitrogen functional groups attached to an aromatic ring is 1. The summed E-state index contributed by atoms with van der Waals surface area (Å²) in [6.07, 6.45) is 7.46. The zero-order valence-corrected chi connectivity index (χ0v) is 11.2. The average molecular weight is 249 g/mol. The van der Waals surface area contributed by atoms with Gasteiger partial charge in [0.15, 0.2) is 0 Å². The highest BCUT2D eigenvalue weighted by Gasteiger charge is 2.19. The van der Waals surface area contributed by atoms with Crippen LogP contribution in [0, 0.1) is 5.92 Å². The first-order valence-electron chi connectivity index (χ1n) is 6.81. The van der Waals surface area contributed by atoms with Crippen molar-refractivity contribution in [2.75, 3.05) is 10.7 Å². The Labute approximate surface area is 109 Å². The van der Waals surface area contributed by atoms with E-state index >= 15 is 0 Å². The van der Waals surface area contributed by atoms with Gasteiger partial charge in [0.25, 0.3) is 0 Å². The van der Waals surface area contributed by atoms with Crippen molar-refractivity contribution in [3.05, 3.63) is 11.9 Å². The molecule has 0 spiro atoms. The summed E-state index contributed by atoms with van der Waals surface area (Å²) in [5, 5.41) is 3.55. The monoisotopic (exact) mass is 249 g/mol. The van der Waals surface area contributed by atoms with Gasteiger partial charge in [0.05, 0.1) is 0 Å². The van der Waals surface area contributed by atoms with Crippen LogP contribution in [0.1, 0.15) is 45.1 Å². The van der Waals surface area contributed by atoms with Gasteiger partial charge >= 0.3 is 0 Å². The Morgan fingerprint density at radius 1 is 1.22 bits per heavy atom.